The van der Waals surface area contributed by atoms with E-state index in [1.54, 1.807) is 11.2 Å². The van der Waals surface area contributed by atoms with Crippen molar-refractivity contribution in [2.24, 2.45) is 11.7 Å². The molecular formula is C12H16N2O3. The number of amides is 2. The average Bonchev–Trinajstić information content (AvgIpc) is 2.89. The highest BCUT2D eigenvalue weighted by Crippen LogP contribution is 2.17. The van der Waals surface area contributed by atoms with Gasteiger partial charge in [0.05, 0.1) is 12.2 Å². The summed E-state index contributed by atoms with van der Waals surface area (Å²) in [4.78, 5) is 24.3. The second-order valence-electron chi connectivity index (χ2n) is 4.33. The largest absolute Gasteiger partial charge is 0.469 e. The fourth-order valence-electron chi connectivity index (χ4n) is 2.08. The molecule has 0 aromatic carbocycles. The lowest BCUT2D eigenvalue weighted by atomic mass is 10.1. The van der Waals surface area contributed by atoms with Gasteiger partial charge in [-0.05, 0) is 18.6 Å². The molecule has 1 aromatic heterocycles. The Balaban J connectivity index is 1.76. The van der Waals surface area contributed by atoms with Crippen LogP contribution >= 0.6 is 0 Å². The van der Waals surface area contributed by atoms with Gasteiger partial charge in [-0.25, -0.2) is 0 Å². The van der Waals surface area contributed by atoms with Crippen LogP contribution in [-0.4, -0.2) is 29.8 Å². The number of aryl methyl sites for hydroxylation is 1. The third kappa shape index (κ3) is 2.87. The molecule has 1 saturated heterocycles. The molecule has 0 radical (unpaired) electrons. The minimum atomic E-state index is -0.383. The van der Waals surface area contributed by atoms with E-state index in [-0.39, 0.29) is 24.2 Å². The number of rotatable bonds is 5. The van der Waals surface area contributed by atoms with Gasteiger partial charge in [0.15, 0.2) is 0 Å². The fraction of sp³-hybridized carbons (Fsp3) is 0.500. The zero-order valence-corrected chi connectivity index (χ0v) is 9.59. The highest BCUT2D eigenvalue weighted by molar-refractivity contribution is 5.88. The molecule has 2 rings (SSSR count). The van der Waals surface area contributed by atoms with Crippen molar-refractivity contribution in [2.75, 3.05) is 13.1 Å². The molecule has 2 amide bonds. The Morgan fingerprint density at radius 3 is 3.00 bits per heavy atom. The van der Waals surface area contributed by atoms with E-state index in [9.17, 15) is 9.59 Å². The van der Waals surface area contributed by atoms with Crippen molar-refractivity contribution in [1.82, 2.24) is 4.90 Å². The summed E-state index contributed by atoms with van der Waals surface area (Å²) in [5, 5.41) is 0. The van der Waals surface area contributed by atoms with Crippen LogP contribution in [0.1, 0.15) is 18.6 Å². The van der Waals surface area contributed by atoms with Gasteiger partial charge in [-0.15, -0.1) is 0 Å². The first kappa shape index (κ1) is 11.7. The topological polar surface area (TPSA) is 76.5 Å². The zero-order valence-electron chi connectivity index (χ0n) is 9.59. The molecule has 1 aliphatic rings. The van der Waals surface area contributed by atoms with Crippen LogP contribution in [0.15, 0.2) is 22.8 Å². The maximum Gasteiger partial charge on any atom is 0.223 e. The number of nitrogens with zero attached hydrogens (tertiary/aromatic N) is 1. The van der Waals surface area contributed by atoms with Crippen LogP contribution in [0.25, 0.3) is 0 Å². The van der Waals surface area contributed by atoms with Gasteiger partial charge >= 0.3 is 0 Å². The van der Waals surface area contributed by atoms with Gasteiger partial charge < -0.3 is 15.1 Å². The molecule has 17 heavy (non-hydrogen) atoms. The van der Waals surface area contributed by atoms with Gasteiger partial charge in [-0.3, -0.25) is 9.59 Å². The molecule has 0 aliphatic carbocycles. The predicted molar refractivity (Wildman–Crippen MR) is 60.9 cm³/mol. The lowest BCUT2D eigenvalue weighted by molar-refractivity contribution is -0.128. The summed E-state index contributed by atoms with van der Waals surface area (Å²) < 4.78 is 5.21. The van der Waals surface area contributed by atoms with Crippen molar-refractivity contribution < 1.29 is 14.0 Å². The lowest BCUT2D eigenvalue weighted by Crippen LogP contribution is -2.29. The SMILES string of the molecule is NC(=O)C1CC(=O)N(CCCc2ccco2)C1. The Morgan fingerprint density at radius 1 is 1.59 bits per heavy atom. The maximum absolute atomic E-state index is 11.6. The molecule has 0 spiro atoms. The first-order chi connectivity index (χ1) is 8.16. The Labute approximate surface area is 99.6 Å². The highest BCUT2D eigenvalue weighted by Gasteiger charge is 2.32. The van der Waals surface area contributed by atoms with Crippen LogP contribution in [0.4, 0.5) is 0 Å². The number of likely N-dealkylation sites (tertiary alicyclic amines) is 1. The lowest BCUT2D eigenvalue weighted by Gasteiger charge is -2.15. The van der Waals surface area contributed by atoms with E-state index in [4.69, 9.17) is 10.2 Å². The first-order valence-corrected chi connectivity index (χ1v) is 5.76. The Kier molecular flexibility index (Phi) is 3.46. The number of hydrogen-bond donors (Lipinski definition) is 1. The Hall–Kier alpha value is -1.78. The molecule has 1 aliphatic heterocycles. The summed E-state index contributed by atoms with van der Waals surface area (Å²) in [7, 11) is 0. The van der Waals surface area contributed by atoms with Crippen molar-refractivity contribution in [2.45, 2.75) is 19.3 Å². The fourth-order valence-corrected chi connectivity index (χ4v) is 2.08. The molecule has 92 valence electrons. The molecule has 0 saturated carbocycles. The van der Waals surface area contributed by atoms with Crippen molar-refractivity contribution in [3.8, 4) is 0 Å². The molecule has 1 atom stereocenters. The summed E-state index contributed by atoms with van der Waals surface area (Å²) in [5.41, 5.74) is 5.20. The number of primary amides is 1. The normalized spacial score (nSPS) is 19.9. The van der Waals surface area contributed by atoms with Crippen LogP contribution in [-0.2, 0) is 16.0 Å². The summed E-state index contributed by atoms with van der Waals surface area (Å²) in [6.07, 6.45) is 3.54. The van der Waals surface area contributed by atoms with Crippen LogP contribution in [0, 0.1) is 5.92 Å². The summed E-state index contributed by atoms with van der Waals surface area (Å²) in [6.45, 7) is 1.12. The van der Waals surface area contributed by atoms with Crippen LogP contribution < -0.4 is 5.73 Å². The van der Waals surface area contributed by atoms with Gasteiger partial charge in [0.25, 0.3) is 0 Å². The third-order valence-electron chi connectivity index (χ3n) is 3.05. The Morgan fingerprint density at radius 2 is 2.41 bits per heavy atom. The van der Waals surface area contributed by atoms with E-state index in [2.05, 4.69) is 0 Å². The number of hydrogen-bond acceptors (Lipinski definition) is 3. The van der Waals surface area contributed by atoms with Gasteiger partial charge in [0.1, 0.15) is 5.76 Å². The molecule has 5 heteroatoms. The third-order valence-corrected chi connectivity index (χ3v) is 3.05. The van der Waals surface area contributed by atoms with Gasteiger partial charge in [-0.2, -0.15) is 0 Å². The van der Waals surface area contributed by atoms with Crippen molar-refractivity contribution >= 4 is 11.8 Å². The minimum Gasteiger partial charge on any atom is -0.469 e. The van der Waals surface area contributed by atoms with Crippen LogP contribution in [0.2, 0.25) is 0 Å². The molecule has 0 bridgehead atoms. The smallest absolute Gasteiger partial charge is 0.223 e. The second kappa shape index (κ2) is 5.03. The average molecular weight is 236 g/mol. The molecule has 2 N–H and O–H groups in total. The number of carbonyl (C=O) groups excluding carboxylic acids is 2. The predicted octanol–water partition coefficient (Wildman–Crippen LogP) is 0.546. The molecule has 1 fully saturated rings. The van der Waals surface area contributed by atoms with Gasteiger partial charge in [-0.1, -0.05) is 0 Å². The monoisotopic (exact) mass is 236 g/mol. The highest BCUT2D eigenvalue weighted by atomic mass is 16.3. The first-order valence-electron chi connectivity index (χ1n) is 5.76. The van der Waals surface area contributed by atoms with Crippen molar-refractivity contribution in [1.29, 1.82) is 0 Å². The number of nitrogens with two attached hydrogens (primary N) is 1. The number of furan rings is 1. The van der Waals surface area contributed by atoms with Crippen molar-refractivity contribution in [3.05, 3.63) is 24.2 Å². The quantitative estimate of drug-likeness (QED) is 0.810. The Bertz CT molecular complexity index is 400. The molecule has 1 aromatic rings. The van der Waals surface area contributed by atoms with Gasteiger partial charge in [0.2, 0.25) is 11.8 Å². The van der Waals surface area contributed by atoms with E-state index in [0.717, 1.165) is 18.6 Å². The van der Waals surface area contributed by atoms with Crippen LogP contribution in [0.3, 0.4) is 0 Å². The van der Waals surface area contributed by atoms with E-state index < -0.39 is 0 Å². The van der Waals surface area contributed by atoms with Crippen molar-refractivity contribution in [3.63, 3.8) is 0 Å². The van der Waals surface area contributed by atoms with Crippen LogP contribution in [0.5, 0.6) is 0 Å². The maximum atomic E-state index is 11.6. The molecule has 1 unspecified atom stereocenters. The minimum absolute atomic E-state index is 0.0215. The van der Waals surface area contributed by atoms with E-state index in [1.807, 2.05) is 12.1 Å². The molecule has 5 nitrogen and oxygen atoms in total. The number of carbonyl (C=O) groups is 2. The van der Waals surface area contributed by atoms with E-state index >= 15 is 0 Å². The molecular weight excluding hydrogens is 220 g/mol. The second-order valence-corrected chi connectivity index (χ2v) is 4.33. The van der Waals surface area contributed by atoms with Gasteiger partial charge in [0, 0.05) is 25.9 Å². The summed E-state index contributed by atoms with van der Waals surface area (Å²) in [5.74, 6) is 0.245. The summed E-state index contributed by atoms with van der Waals surface area (Å²) >= 11 is 0. The van der Waals surface area contributed by atoms with E-state index in [0.29, 0.717) is 13.1 Å². The molecule has 2 heterocycles. The zero-order chi connectivity index (χ0) is 12.3. The standard InChI is InChI=1S/C12H16N2O3/c13-12(16)9-7-11(15)14(8-9)5-1-3-10-4-2-6-17-10/h2,4,6,9H,1,3,5,7-8H2,(H2,13,16). The van der Waals surface area contributed by atoms with E-state index in [1.165, 1.54) is 0 Å². The summed E-state index contributed by atoms with van der Waals surface area (Å²) in [6, 6.07) is 3.76.